The molecule has 18 heavy (non-hydrogen) atoms. The third-order valence-electron chi connectivity index (χ3n) is 2.58. The van der Waals surface area contributed by atoms with E-state index in [4.69, 9.17) is 15.2 Å². The van der Waals surface area contributed by atoms with E-state index in [1.54, 1.807) is 14.2 Å². The highest BCUT2D eigenvalue weighted by atomic mass is 16.5. The van der Waals surface area contributed by atoms with Gasteiger partial charge in [-0.25, -0.2) is 0 Å². The Morgan fingerprint density at radius 1 is 1.33 bits per heavy atom. The summed E-state index contributed by atoms with van der Waals surface area (Å²) < 4.78 is 10.5. The normalized spacial score (nSPS) is 10.1. The van der Waals surface area contributed by atoms with Gasteiger partial charge in [0, 0.05) is 18.5 Å². The summed E-state index contributed by atoms with van der Waals surface area (Å²) in [5.41, 5.74) is 6.09. The highest BCUT2D eigenvalue weighted by Crippen LogP contribution is 2.30. The molecule has 0 unspecified atom stereocenters. The summed E-state index contributed by atoms with van der Waals surface area (Å²) >= 11 is 0. The Labute approximate surface area is 107 Å². The number of carbonyl (C=O) groups is 1. The zero-order valence-corrected chi connectivity index (χ0v) is 10.9. The molecule has 0 saturated heterocycles. The van der Waals surface area contributed by atoms with E-state index < -0.39 is 0 Å². The van der Waals surface area contributed by atoms with E-state index in [0.717, 1.165) is 24.3 Å². The van der Waals surface area contributed by atoms with Crippen molar-refractivity contribution >= 4 is 5.91 Å². The summed E-state index contributed by atoms with van der Waals surface area (Å²) in [5, 5.41) is 3.24. The van der Waals surface area contributed by atoms with Gasteiger partial charge in [-0.15, -0.1) is 0 Å². The van der Waals surface area contributed by atoms with E-state index in [1.165, 1.54) is 0 Å². The molecule has 1 aromatic rings. The average molecular weight is 252 g/mol. The van der Waals surface area contributed by atoms with Crippen LogP contribution in [0.1, 0.15) is 18.4 Å². The molecule has 0 aliphatic carbocycles. The third-order valence-corrected chi connectivity index (χ3v) is 2.58. The number of amides is 1. The van der Waals surface area contributed by atoms with E-state index in [9.17, 15) is 4.79 Å². The van der Waals surface area contributed by atoms with Crippen molar-refractivity contribution in [3.8, 4) is 11.5 Å². The van der Waals surface area contributed by atoms with Crippen LogP contribution in [0.15, 0.2) is 18.2 Å². The molecule has 1 rings (SSSR count). The highest BCUT2D eigenvalue weighted by molar-refractivity contribution is 5.73. The fourth-order valence-corrected chi connectivity index (χ4v) is 1.70. The molecule has 100 valence electrons. The Hall–Kier alpha value is -1.75. The summed E-state index contributed by atoms with van der Waals surface area (Å²) in [6, 6.07) is 5.75. The molecule has 0 radical (unpaired) electrons. The lowest BCUT2D eigenvalue weighted by atomic mass is 10.2. The maximum Gasteiger partial charge on any atom is 0.217 e. The standard InChI is InChI=1S/C13H20N2O3/c1-17-11-6-3-5-10(13(11)18-2)9-15-8-4-7-12(14)16/h3,5-6,15H,4,7-9H2,1-2H3,(H2,14,16). The number of primary amides is 1. The maximum atomic E-state index is 10.6. The smallest absolute Gasteiger partial charge is 0.217 e. The first-order valence-corrected chi connectivity index (χ1v) is 5.88. The van der Waals surface area contributed by atoms with Gasteiger partial charge in [-0.3, -0.25) is 4.79 Å². The van der Waals surface area contributed by atoms with E-state index in [0.29, 0.717) is 18.7 Å². The molecule has 1 aromatic carbocycles. The van der Waals surface area contributed by atoms with Crippen LogP contribution in [-0.4, -0.2) is 26.7 Å². The first-order chi connectivity index (χ1) is 8.69. The minimum atomic E-state index is -0.268. The molecule has 0 atom stereocenters. The fourth-order valence-electron chi connectivity index (χ4n) is 1.70. The van der Waals surface area contributed by atoms with Gasteiger partial charge in [-0.05, 0) is 19.0 Å². The van der Waals surface area contributed by atoms with Crippen molar-refractivity contribution < 1.29 is 14.3 Å². The number of hydrogen-bond acceptors (Lipinski definition) is 4. The van der Waals surface area contributed by atoms with Crippen LogP contribution in [0.2, 0.25) is 0 Å². The molecule has 0 spiro atoms. The Morgan fingerprint density at radius 2 is 2.11 bits per heavy atom. The SMILES string of the molecule is COc1cccc(CNCCCC(N)=O)c1OC. The van der Waals surface area contributed by atoms with Crippen LogP contribution in [0.25, 0.3) is 0 Å². The zero-order valence-electron chi connectivity index (χ0n) is 10.9. The molecule has 0 saturated carbocycles. The molecule has 0 aliphatic heterocycles. The van der Waals surface area contributed by atoms with Crippen LogP contribution < -0.4 is 20.5 Å². The summed E-state index contributed by atoms with van der Waals surface area (Å²) in [7, 11) is 3.23. The van der Waals surface area contributed by atoms with Crippen molar-refractivity contribution in [3.63, 3.8) is 0 Å². The fraction of sp³-hybridized carbons (Fsp3) is 0.462. The van der Waals surface area contributed by atoms with Crippen LogP contribution in [-0.2, 0) is 11.3 Å². The Bertz CT molecular complexity index is 394. The third kappa shape index (κ3) is 4.25. The topological polar surface area (TPSA) is 73.6 Å². The second kappa shape index (κ2) is 7.55. The van der Waals surface area contributed by atoms with Gasteiger partial charge in [-0.2, -0.15) is 0 Å². The second-order valence-corrected chi connectivity index (χ2v) is 3.90. The van der Waals surface area contributed by atoms with Crippen molar-refractivity contribution in [2.45, 2.75) is 19.4 Å². The Morgan fingerprint density at radius 3 is 2.72 bits per heavy atom. The number of para-hydroxylation sites is 1. The van der Waals surface area contributed by atoms with E-state index in [2.05, 4.69) is 5.32 Å². The molecule has 5 heteroatoms. The van der Waals surface area contributed by atoms with Crippen molar-refractivity contribution in [2.75, 3.05) is 20.8 Å². The summed E-state index contributed by atoms with van der Waals surface area (Å²) in [6.07, 6.45) is 1.14. The molecular weight excluding hydrogens is 232 g/mol. The van der Waals surface area contributed by atoms with Crippen LogP contribution in [0.5, 0.6) is 11.5 Å². The van der Waals surface area contributed by atoms with Crippen LogP contribution in [0, 0.1) is 0 Å². The predicted molar refractivity (Wildman–Crippen MR) is 69.7 cm³/mol. The number of nitrogens with two attached hydrogens (primary N) is 1. The quantitative estimate of drug-likeness (QED) is 0.678. The van der Waals surface area contributed by atoms with Gasteiger partial charge in [0.2, 0.25) is 5.91 Å². The van der Waals surface area contributed by atoms with Gasteiger partial charge < -0.3 is 20.5 Å². The van der Waals surface area contributed by atoms with Gasteiger partial charge in [-0.1, -0.05) is 12.1 Å². The highest BCUT2D eigenvalue weighted by Gasteiger charge is 2.08. The lowest BCUT2D eigenvalue weighted by Crippen LogP contribution is -2.18. The van der Waals surface area contributed by atoms with Crippen molar-refractivity contribution in [1.82, 2.24) is 5.32 Å². The predicted octanol–water partition coefficient (Wildman–Crippen LogP) is 1.06. The zero-order chi connectivity index (χ0) is 13.4. The number of hydrogen-bond donors (Lipinski definition) is 2. The number of ether oxygens (including phenoxy) is 2. The molecule has 0 heterocycles. The largest absolute Gasteiger partial charge is 0.493 e. The second-order valence-electron chi connectivity index (χ2n) is 3.90. The van der Waals surface area contributed by atoms with Crippen LogP contribution >= 0.6 is 0 Å². The Kier molecular flexibility index (Phi) is 6.00. The van der Waals surface area contributed by atoms with Crippen molar-refractivity contribution in [1.29, 1.82) is 0 Å². The summed E-state index contributed by atoms with van der Waals surface area (Å²) in [4.78, 5) is 10.6. The molecule has 5 nitrogen and oxygen atoms in total. The monoisotopic (exact) mass is 252 g/mol. The molecule has 1 amide bonds. The molecule has 0 fully saturated rings. The number of nitrogens with one attached hydrogen (secondary N) is 1. The number of rotatable bonds is 8. The van der Waals surface area contributed by atoms with Gasteiger partial charge >= 0.3 is 0 Å². The van der Waals surface area contributed by atoms with E-state index in [1.807, 2.05) is 18.2 Å². The number of carbonyl (C=O) groups excluding carboxylic acids is 1. The van der Waals surface area contributed by atoms with E-state index in [-0.39, 0.29) is 5.91 Å². The first kappa shape index (κ1) is 14.3. The maximum absolute atomic E-state index is 10.6. The number of methoxy groups -OCH3 is 2. The van der Waals surface area contributed by atoms with Crippen molar-refractivity contribution in [2.24, 2.45) is 5.73 Å². The average Bonchev–Trinajstić information content (AvgIpc) is 2.37. The molecule has 0 aromatic heterocycles. The minimum Gasteiger partial charge on any atom is -0.493 e. The van der Waals surface area contributed by atoms with Crippen LogP contribution in [0.3, 0.4) is 0 Å². The lowest BCUT2D eigenvalue weighted by molar-refractivity contribution is -0.118. The van der Waals surface area contributed by atoms with Gasteiger partial charge in [0.25, 0.3) is 0 Å². The molecule has 3 N–H and O–H groups in total. The van der Waals surface area contributed by atoms with E-state index >= 15 is 0 Å². The van der Waals surface area contributed by atoms with Gasteiger partial charge in [0.05, 0.1) is 14.2 Å². The van der Waals surface area contributed by atoms with Crippen LogP contribution in [0.4, 0.5) is 0 Å². The summed E-state index contributed by atoms with van der Waals surface area (Å²) in [5.74, 6) is 1.19. The Balaban J connectivity index is 2.49. The number of benzene rings is 1. The minimum absolute atomic E-state index is 0.268. The molecule has 0 bridgehead atoms. The molecular formula is C13H20N2O3. The van der Waals surface area contributed by atoms with Gasteiger partial charge in [0.15, 0.2) is 11.5 Å². The molecule has 0 aliphatic rings. The lowest BCUT2D eigenvalue weighted by Gasteiger charge is -2.12. The first-order valence-electron chi connectivity index (χ1n) is 5.88. The summed E-state index contributed by atoms with van der Waals surface area (Å²) in [6.45, 7) is 1.41. The van der Waals surface area contributed by atoms with Gasteiger partial charge in [0.1, 0.15) is 0 Å². The van der Waals surface area contributed by atoms with Crippen molar-refractivity contribution in [3.05, 3.63) is 23.8 Å².